The first kappa shape index (κ1) is 13.4. The van der Waals surface area contributed by atoms with Gasteiger partial charge in [-0.2, -0.15) is 0 Å². The Morgan fingerprint density at radius 3 is 2.76 bits per heavy atom. The topological polar surface area (TPSA) is 30.0 Å². The predicted octanol–water partition coefficient (Wildman–Crippen LogP) is 4.11. The molecule has 0 aliphatic rings. The Balaban J connectivity index is 1.99. The lowest BCUT2D eigenvalue weighted by Crippen LogP contribution is -2.07. The molecule has 0 N–H and O–H groups in total. The molecule has 3 heteroatoms. The van der Waals surface area contributed by atoms with Gasteiger partial charge in [0, 0.05) is 18.0 Å². The van der Waals surface area contributed by atoms with E-state index in [1.54, 1.807) is 25.3 Å². The number of ketones is 1. The quantitative estimate of drug-likeness (QED) is 0.675. The number of aryl methyl sites for hydroxylation is 1. The zero-order chi connectivity index (χ0) is 14.8. The first-order valence-corrected chi connectivity index (χ1v) is 6.78. The van der Waals surface area contributed by atoms with Crippen molar-refractivity contribution in [1.29, 1.82) is 0 Å². The van der Waals surface area contributed by atoms with Crippen LogP contribution in [0.3, 0.4) is 0 Å². The lowest BCUT2D eigenvalue weighted by molar-refractivity contribution is 0.0989. The molecule has 0 saturated carbocycles. The summed E-state index contributed by atoms with van der Waals surface area (Å²) in [6.07, 6.45) is 1.85. The SMILES string of the molecule is Cc1cccc(C(=O)Cc2ccnc3ccccc23)c1F. The van der Waals surface area contributed by atoms with Crippen LogP contribution < -0.4 is 0 Å². The maximum absolute atomic E-state index is 14.0. The third-order valence-electron chi connectivity index (χ3n) is 3.58. The molecule has 0 fully saturated rings. The summed E-state index contributed by atoms with van der Waals surface area (Å²) in [7, 11) is 0. The van der Waals surface area contributed by atoms with Gasteiger partial charge in [0.2, 0.25) is 0 Å². The molecule has 0 aliphatic carbocycles. The number of carbonyl (C=O) groups excluding carboxylic acids is 1. The van der Waals surface area contributed by atoms with E-state index in [4.69, 9.17) is 0 Å². The van der Waals surface area contributed by atoms with Crippen LogP contribution in [0.1, 0.15) is 21.5 Å². The van der Waals surface area contributed by atoms with Gasteiger partial charge in [0.15, 0.2) is 5.78 Å². The zero-order valence-corrected chi connectivity index (χ0v) is 11.6. The molecular formula is C18H14FNO. The summed E-state index contributed by atoms with van der Waals surface area (Å²) in [4.78, 5) is 16.6. The highest BCUT2D eigenvalue weighted by molar-refractivity contribution is 6.00. The molecule has 0 amide bonds. The van der Waals surface area contributed by atoms with Crippen LogP contribution in [0.2, 0.25) is 0 Å². The number of halogens is 1. The highest BCUT2D eigenvalue weighted by Gasteiger charge is 2.15. The fourth-order valence-corrected chi connectivity index (χ4v) is 2.44. The minimum absolute atomic E-state index is 0.149. The summed E-state index contributed by atoms with van der Waals surface area (Å²) < 4.78 is 14.0. The summed E-state index contributed by atoms with van der Waals surface area (Å²) in [6, 6.07) is 14.4. The van der Waals surface area contributed by atoms with Crippen LogP contribution in [-0.2, 0) is 6.42 Å². The lowest BCUT2D eigenvalue weighted by Gasteiger charge is -2.07. The highest BCUT2D eigenvalue weighted by Crippen LogP contribution is 2.20. The third kappa shape index (κ3) is 2.55. The molecule has 3 rings (SSSR count). The number of Topliss-reactive ketones (excluding diaryl/α,β-unsaturated/α-hetero) is 1. The molecular weight excluding hydrogens is 265 g/mol. The first-order chi connectivity index (χ1) is 10.2. The molecule has 0 saturated heterocycles. The van der Waals surface area contributed by atoms with E-state index in [0.29, 0.717) is 5.56 Å². The van der Waals surface area contributed by atoms with Gasteiger partial charge < -0.3 is 0 Å². The summed E-state index contributed by atoms with van der Waals surface area (Å²) in [5.41, 5.74) is 2.34. The Hall–Kier alpha value is -2.55. The number of hydrogen-bond donors (Lipinski definition) is 0. The van der Waals surface area contributed by atoms with E-state index in [9.17, 15) is 9.18 Å². The van der Waals surface area contributed by atoms with Gasteiger partial charge in [-0.05, 0) is 36.2 Å². The molecule has 0 radical (unpaired) electrons. The van der Waals surface area contributed by atoms with E-state index < -0.39 is 5.82 Å². The van der Waals surface area contributed by atoms with Crippen molar-refractivity contribution >= 4 is 16.7 Å². The monoisotopic (exact) mass is 279 g/mol. The number of hydrogen-bond acceptors (Lipinski definition) is 2. The summed E-state index contributed by atoms with van der Waals surface area (Å²) in [5.74, 6) is -0.645. The Labute approximate surface area is 122 Å². The second-order valence-corrected chi connectivity index (χ2v) is 5.02. The average molecular weight is 279 g/mol. The van der Waals surface area contributed by atoms with E-state index in [1.165, 1.54) is 6.07 Å². The number of carbonyl (C=O) groups is 1. The third-order valence-corrected chi connectivity index (χ3v) is 3.58. The van der Waals surface area contributed by atoms with Crippen LogP contribution >= 0.6 is 0 Å². The van der Waals surface area contributed by atoms with Crippen molar-refractivity contribution in [2.24, 2.45) is 0 Å². The predicted molar refractivity (Wildman–Crippen MR) is 80.9 cm³/mol. The number of aromatic nitrogens is 1. The first-order valence-electron chi connectivity index (χ1n) is 6.78. The van der Waals surface area contributed by atoms with E-state index in [2.05, 4.69) is 4.98 Å². The number of benzene rings is 2. The number of fused-ring (bicyclic) bond motifs is 1. The maximum Gasteiger partial charge on any atom is 0.170 e. The molecule has 0 bridgehead atoms. The van der Waals surface area contributed by atoms with Crippen molar-refractivity contribution in [3.05, 3.63) is 77.2 Å². The fraction of sp³-hybridized carbons (Fsp3) is 0.111. The van der Waals surface area contributed by atoms with Crippen molar-refractivity contribution in [2.75, 3.05) is 0 Å². The average Bonchev–Trinajstić information content (AvgIpc) is 2.50. The molecule has 0 unspecified atom stereocenters. The van der Waals surface area contributed by atoms with Gasteiger partial charge in [0.1, 0.15) is 5.82 Å². The van der Waals surface area contributed by atoms with Gasteiger partial charge in [0.05, 0.1) is 11.1 Å². The number of nitrogens with zero attached hydrogens (tertiary/aromatic N) is 1. The molecule has 0 aliphatic heterocycles. The van der Waals surface area contributed by atoms with E-state index in [-0.39, 0.29) is 17.8 Å². The second-order valence-electron chi connectivity index (χ2n) is 5.02. The van der Waals surface area contributed by atoms with E-state index in [0.717, 1.165) is 16.5 Å². The largest absolute Gasteiger partial charge is 0.294 e. The van der Waals surface area contributed by atoms with Gasteiger partial charge in [-0.25, -0.2) is 4.39 Å². The van der Waals surface area contributed by atoms with Crippen LogP contribution in [0.4, 0.5) is 4.39 Å². The van der Waals surface area contributed by atoms with Gasteiger partial charge in [-0.15, -0.1) is 0 Å². The molecule has 3 aromatic rings. The van der Waals surface area contributed by atoms with E-state index >= 15 is 0 Å². The lowest BCUT2D eigenvalue weighted by atomic mass is 9.98. The van der Waals surface area contributed by atoms with Gasteiger partial charge in [-0.3, -0.25) is 9.78 Å². The molecule has 1 aromatic heterocycles. The van der Waals surface area contributed by atoms with Gasteiger partial charge >= 0.3 is 0 Å². The Bertz CT molecular complexity index is 821. The molecule has 2 aromatic carbocycles. The Morgan fingerprint density at radius 2 is 1.90 bits per heavy atom. The molecule has 104 valence electrons. The van der Waals surface area contributed by atoms with Crippen molar-refractivity contribution in [3.8, 4) is 0 Å². The standard InChI is InChI=1S/C18H14FNO/c1-12-5-4-7-15(18(12)19)17(21)11-13-9-10-20-16-8-3-2-6-14(13)16/h2-10H,11H2,1H3. The molecule has 2 nitrogen and oxygen atoms in total. The smallest absolute Gasteiger partial charge is 0.170 e. The van der Waals surface area contributed by atoms with Crippen molar-refractivity contribution in [2.45, 2.75) is 13.3 Å². The minimum Gasteiger partial charge on any atom is -0.294 e. The van der Waals surface area contributed by atoms with Crippen LogP contribution in [0.25, 0.3) is 10.9 Å². The second kappa shape index (κ2) is 5.44. The molecule has 21 heavy (non-hydrogen) atoms. The number of para-hydroxylation sites is 1. The summed E-state index contributed by atoms with van der Waals surface area (Å²) in [5, 5.41) is 0.932. The minimum atomic E-state index is -0.430. The number of pyridine rings is 1. The van der Waals surface area contributed by atoms with Crippen LogP contribution in [-0.4, -0.2) is 10.8 Å². The summed E-state index contributed by atoms with van der Waals surface area (Å²) >= 11 is 0. The Kier molecular flexibility index (Phi) is 3.48. The molecule has 0 spiro atoms. The fourth-order valence-electron chi connectivity index (χ4n) is 2.44. The normalized spacial score (nSPS) is 10.8. The maximum atomic E-state index is 14.0. The van der Waals surface area contributed by atoms with Crippen LogP contribution in [0.5, 0.6) is 0 Å². The van der Waals surface area contributed by atoms with Gasteiger partial charge in [-0.1, -0.05) is 30.3 Å². The number of rotatable bonds is 3. The van der Waals surface area contributed by atoms with Crippen LogP contribution in [0.15, 0.2) is 54.7 Å². The molecule has 1 heterocycles. The van der Waals surface area contributed by atoms with Crippen molar-refractivity contribution in [1.82, 2.24) is 4.98 Å². The Morgan fingerprint density at radius 1 is 1.10 bits per heavy atom. The van der Waals surface area contributed by atoms with Gasteiger partial charge in [0.25, 0.3) is 0 Å². The summed E-state index contributed by atoms with van der Waals surface area (Å²) in [6.45, 7) is 1.66. The molecule has 0 atom stereocenters. The van der Waals surface area contributed by atoms with Crippen molar-refractivity contribution < 1.29 is 9.18 Å². The van der Waals surface area contributed by atoms with Crippen LogP contribution in [0, 0.1) is 12.7 Å². The zero-order valence-electron chi connectivity index (χ0n) is 11.6. The van der Waals surface area contributed by atoms with Crippen molar-refractivity contribution in [3.63, 3.8) is 0 Å². The highest BCUT2D eigenvalue weighted by atomic mass is 19.1. The van der Waals surface area contributed by atoms with E-state index in [1.807, 2.05) is 30.3 Å².